The molecule has 1 atom stereocenters. The molecule has 0 aliphatic rings. The van der Waals surface area contributed by atoms with Crippen LogP contribution in [0.25, 0.3) is 0 Å². The summed E-state index contributed by atoms with van der Waals surface area (Å²) in [5, 5.41) is 38.8. The number of nitriles is 1. The Kier molecular flexibility index (Phi) is 6.11. The van der Waals surface area contributed by atoms with Crippen molar-refractivity contribution in [2.75, 3.05) is 19.8 Å². The van der Waals surface area contributed by atoms with Crippen LogP contribution in [0.2, 0.25) is 0 Å². The molecule has 0 radical (unpaired) electrons. The highest BCUT2D eigenvalue weighted by molar-refractivity contribution is 5.81. The highest BCUT2D eigenvalue weighted by atomic mass is 16.5. The van der Waals surface area contributed by atoms with Crippen molar-refractivity contribution in [3.05, 3.63) is 29.8 Å². The van der Waals surface area contributed by atoms with E-state index in [1.54, 1.807) is 24.3 Å². The van der Waals surface area contributed by atoms with Crippen LogP contribution >= 0.6 is 0 Å². The normalized spacial score (nSPS) is 12.3. The summed E-state index contributed by atoms with van der Waals surface area (Å²) >= 11 is 0. The Morgan fingerprint density at radius 2 is 1.90 bits per heavy atom. The van der Waals surface area contributed by atoms with E-state index in [1.165, 1.54) is 6.92 Å². The first-order chi connectivity index (χ1) is 10.0. The van der Waals surface area contributed by atoms with Crippen LogP contribution in [0.3, 0.4) is 0 Å². The predicted octanol–water partition coefficient (Wildman–Crippen LogP) is -0.843. The zero-order chi connectivity index (χ0) is 15.9. The molecule has 1 aromatic rings. The van der Waals surface area contributed by atoms with Crippen molar-refractivity contribution in [1.82, 2.24) is 5.32 Å². The third-order valence-corrected chi connectivity index (χ3v) is 2.98. The summed E-state index contributed by atoms with van der Waals surface area (Å²) in [7, 11) is 0. The number of para-hydroxylation sites is 1. The van der Waals surface area contributed by atoms with Gasteiger partial charge in [0, 0.05) is 0 Å². The van der Waals surface area contributed by atoms with Crippen LogP contribution in [-0.4, -0.2) is 52.7 Å². The summed E-state index contributed by atoms with van der Waals surface area (Å²) in [6.45, 7) is -0.395. The van der Waals surface area contributed by atoms with Gasteiger partial charge >= 0.3 is 0 Å². The summed E-state index contributed by atoms with van der Waals surface area (Å²) in [4.78, 5) is 12.0. The second-order valence-electron chi connectivity index (χ2n) is 4.61. The zero-order valence-corrected chi connectivity index (χ0v) is 11.6. The van der Waals surface area contributed by atoms with Gasteiger partial charge in [-0.15, -0.1) is 0 Å². The number of amides is 1. The lowest BCUT2D eigenvalue weighted by Gasteiger charge is -2.30. The number of aliphatic hydroxyl groups excluding tert-OH is 3. The van der Waals surface area contributed by atoms with Gasteiger partial charge in [-0.3, -0.25) is 4.79 Å². The Bertz CT molecular complexity index is 514. The smallest absolute Gasteiger partial charge is 0.261 e. The summed E-state index contributed by atoms with van der Waals surface area (Å²) < 4.78 is 5.40. The van der Waals surface area contributed by atoms with E-state index < -0.39 is 37.4 Å². The first kappa shape index (κ1) is 16.9. The first-order valence-electron chi connectivity index (χ1n) is 6.32. The second-order valence-corrected chi connectivity index (χ2v) is 4.61. The number of nitrogens with one attached hydrogen (secondary N) is 1. The largest absolute Gasteiger partial charge is 0.480 e. The molecule has 1 amide bonds. The van der Waals surface area contributed by atoms with E-state index >= 15 is 0 Å². The molecule has 0 saturated heterocycles. The van der Waals surface area contributed by atoms with E-state index in [-0.39, 0.29) is 11.3 Å². The number of benzene rings is 1. The third kappa shape index (κ3) is 4.16. The lowest BCUT2D eigenvalue weighted by molar-refractivity contribution is -0.131. The minimum Gasteiger partial charge on any atom is -0.480 e. The quantitative estimate of drug-likeness (QED) is 0.520. The van der Waals surface area contributed by atoms with E-state index in [4.69, 9.17) is 25.3 Å². The van der Waals surface area contributed by atoms with Gasteiger partial charge in [0.15, 0.2) is 6.10 Å². The topological polar surface area (TPSA) is 123 Å². The number of rotatable bonds is 7. The van der Waals surface area contributed by atoms with E-state index in [0.717, 1.165) is 0 Å². The van der Waals surface area contributed by atoms with E-state index in [2.05, 4.69) is 5.32 Å². The van der Waals surface area contributed by atoms with Crippen LogP contribution in [0, 0.1) is 11.3 Å². The molecule has 1 unspecified atom stereocenters. The fourth-order valence-electron chi connectivity index (χ4n) is 1.54. The van der Waals surface area contributed by atoms with Crippen molar-refractivity contribution >= 4 is 5.91 Å². The van der Waals surface area contributed by atoms with Crippen LogP contribution in [0.15, 0.2) is 24.3 Å². The Hall–Kier alpha value is -2.14. The molecule has 0 bridgehead atoms. The van der Waals surface area contributed by atoms with E-state index in [9.17, 15) is 4.79 Å². The van der Waals surface area contributed by atoms with Crippen molar-refractivity contribution in [3.8, 4) is 11.8 Å². The van der Waals surface area contributed by atoms with Crippen molar-refractivity contribution in [2.24, 2.45) is 0 Å². The molecule has 114 valence electrons. The maximum absolute atomic E-state index is 12.0. The summed E-state index contributed by atoms with van der Waals surface area (Å²) in [5.74, 6) is -0.370. The highest BCUT2D eigenvalue weighted by Gasteiger charge is 2.32. The van der Waals surface area contributed by atoms with Gasteiger partial charge in [-0.1, -0.05) is 12.1 Å². The first-order valence-corrected chi connectivity index (χ1v) is 6.32. The molecule has 7 nitrogen and oxygen atoms in total. The fourth-order valence-corrected chi connectivity index (χ4v) is 1.54. The molecular formula is C14H18N2O5. The summed E-state index contributed by atoms with van der Waals surface area (Å²) in [6, 6.07) is 8.39. The maximum atomic E-state index is 12.0. The Labute approximate surface area is 122 Å². The minimum atomic E-state index is -1.51. The number of hydrogen-bond donors (Lipinski definition) is 4. The van der Waals surface area contributed by atoms with Crippen LogP contribution < -0.4 is 10.1 Å². The molecule has 1 aromatic carbocycles. The van der Waals surface area contributed by atoms with Gasteiger partial charge in [0.2, 0.25) is 0 Å². The number of ether oxygens (including phenoxy) is 1. The molecule has 0 heterocycles. The Balaban J connectivity index is 2.78. The number of aliphatic hydroxyl groups is 3. The molecule has 0 saturated carbocycles. The maximum Gasteiger partial charge on any atom is 0.261 e. The summed E-state index contributed by atoms with van der Waals surface area (Å²) in [5.41, 5.74) is -1.22. The Morgan fingerprint density at radius 3 is 2.43 bits per heavy atom. The highest BCUT2D eigenvalue weighted by Crippen LogP contribution is 2.18. The number of carbonyl (C=O) groups is 1. The van der Waals surface area contributed by atoms with Crippen molar-refractivity contribution in [1.29, 1.82) is 5.26 Å². The fraction of sp³-hybridized carbons (Fsp3) is 0.429. The Morgan fingerprint density at radius 1 is 1.33 bits per heavy atom. The average molecular weight is 294 g/mol. The lowest BCUT2D eigenvalue weighted by atomic mass is 10.0. The van der Waals surface area contributed by atoms with Gasteiger partial charge in [-0.25, -0.2) is 0 Å². The molecule has 0 aliphatic carbocycles. The third-order valence-electron chi connectivity index (χ3n) is 2.98. The van der Waals surface area contributed by atoms with Crippen molar-refractivity contribution < 1.29 is 24.9 Å². The van der Waals surface area contributed by atoms with Crippen molar-refractivity contribution in [3.63, 3.8) is 0 Å². The SMILES string of the molecule is CC(Oc1ccccc1C#N)C(=O)NC(CO)(CO)CO. The van der Waals surface area contributed by atoms with Gasteiger partial charge in [-0.05, 0) is 19.1 Å². The van der Waals surface area contributed by atoms with Crippen molar-refractivity contribution in [2.45, 2.75) is 18.6 Å². The van der Waals surface area contributed by atoms with Crippen LogP contribution in [-0.2, 0) is 4.79 Å². The second kappa shape index (κ2) is 7.59. The molecule has 4 N–H and O–H groups in total. The predicted molar refractivity (Wildman–Crippen MR) is 73.4 cm³/mol. The molecule has 7 heteroatoms. The van der Waals surface area contributed by atoms with Crippen LogP contribution in [0.1, 0.15) is 12.5 Å². The number of hydrogen-bond acceptors (Lipinski definition) is 6. The standard InChI is InChI=1S/C14H18N2O5/c1-10(13(20)16-14(7-17,8-18)9-19)21-12-5-3-2-4-11(12)6-15/h2-5,10,17-19H,7-9H2,1H3,(H,16,20). The van der Waals surface area contributed by atoms with Gasteiger partial charge in [0.05, 0.1) is 25.4 Å². The number of nitrogens with zero attached hydrogens (tertiary/aromatic N) is 1. The van der Waals surface area contributed by atoms with Crippen LogP contribution in [0.4, 0.5) is 0 Å². The lowest BCUT2D eigenvalue weighted by Crippen LogP contribution is -2.59. The van der Waals surface area contributed by atoms with Gasteiger partial charge < -0.3 is 25.4 Å². The zero-order valence-electron chi connectivity index (χ0n) is 11.6. The molecule has 0 aromatic heterocycles. The van der Waals surface area contributed by atoms with E-state index in [1.807, 2.05) is 6.07 Å². The minimum absolute atomic E-state index is 0.255. The van der Waals surface area contributed by atoms with Gasteiger partial charge in [-0.2, -0.15) is 5.26 Å². The van der Waals surface area contributed by atoms with Gasteiger partial charge in [0.25, 0.3) is 5.91 Å². The van der Waals surface area contributed by atoms with Crippen LogP contribution in [0.5, 0.6) is 5.75 Å². The van der Waals surface area contributed by atoms with Gasteiger partial charge in [0.1, 0.15) is 17.4 Å². The number of carbonyl (C=O) groups excluding carboxylic acids is 1. The molecule has 0 fully saturated rings. The molecule has 1 rings (SSSR count). The molecular weight excluding hydrogens is 276 g/mol. The molecule has 0 spiro atoms. The monoisotopic (exact) mass is 294 g/mol. The summed E-state index contributed by atoms with van der Waals surface area (Å²) in [6.07, 6.45) is -0.969. The molecule has 0 aliphatic heterocycles. The average Bonchev–Trinajstić information content (AvgIpc) is 2.53. The molecule has 21 heavy (non-hydrogen) atoms. The van der Waals surface area contributed by atoms with E-state index in [0.29, 0.717) is 0 Å².